The maximum atomic E-state index is 12.1. The van der Waals surface area contributed by atoms with Crippen molar-refractivity contribution >= 4 is 281 Å². The molecule has 5 amide bonds. The predicted molar refractivity (Wildman–Crippen MR) is 515 cm³/mol. The van der Waals surface area contributed by atoms with Crippen molar-refractivity contribution < 1.29 is 52.4 Å². The highest BCUT2D eigenvalue weighted by Crippen LogP contribution is 2.43. The Bertz CT molecular complexity index is 7330. The number of amides is 5. The number of carbonyl (C=O) groups is 5. The summed E-state index contributed by atoms with van der Waals surface area (Å²) in [5, 5.41) is 71.3. The number of ether oxygens (including phenoxy) is 6. The molecule has 0 aliphatic rings. The Balaban J connectivity index is 0.000000121. The van der Waals surface area contributed by atoms with E-state index in [9.17, 15) is 24.0 Å². The minimum absolute atomic E-state index is 0.0895. The number of imidazole rings is 1. The Labute approximate surface area is 805 Å². The molecule has 20 aromatic rings. The molecule has 0 saturated heterocycles. The second-order valence-electron chi connectivity index (χ2n) is 25.1. The van der Waals surface area contributed by atoms with Gasteiger partial charge in [0.2, 0.25) is 25.7 Å². The molecule has 132 heavy (non-hydrogen) atoms. The zero-order valence-corrected chi connectivity index (χ0v) is 80.2. The Kier molecular flexibility index (Phi) is 31.6. The fraction of sp³-hybridized carbons (Fsp3) is 0.0886. The van der Waals surface area contributed by atoms with Gasteiger partial charge in [-0.3, -0.25) is 50.6 Å². The highest BCUT2D eigenvalue weighted by atomic mass is 32.2. The summed E-state index contributed by atoms with van der Waals surface area (Å²) in [6.07, 6.45) is 9.21. The van der Waals surface area contributed by atoms with E-state index in [0.717, 1.165) is 56.8 Å². The molecule has 38 nitrogen and oxygen atoms in total. The van der Waals surface area contributed by atoms with E-state index in [0.29, 0.717) is 118 Å². The average molecular weight is 2040 g/mol. The molecule has 16 aromatic heterocycles. The zero-order valence-electron chi connectivity index (χ0n) is 67.9. The number of carbonyl (C=O) groups excluding carboxylic acids is 5. The van der Waals surface area contributed by atoms with Gasteiger partial charge < -0.3 is 33.0 Å². The number of nitrogens with one attached hydrogen (secondary N) is 5. The molecule has 0 unspecified atom stereocenters. The molecule has 4 aromatic carbocycles. The van der Waals surface area contributed by atoms with Gasteiger partial charge in [0, 0.05) is 30.0 Å². The van der Waals surface area contributed by atoms with Crippen LogP contribution in [0.3, 0.4) is 0 Å². The summed E-state index contributed by atoms with van der Waals surface area (Å²) in [7, 11) is 8.17. The van der Waals surface area contributed by atoms with E-state index in [1.54, 1.807) is 112 Å². The Morgan fingerprint density at radius 1 is 0.333 bits per heavy atom. The van der Waals surface area contributed by atoms with Crippen LogP contribution < -0.4 is 55.0 Å². The first-order valence-corrected chi connectivity index (χ1v) is 50.0. The summed E-state index contributed by atoms with van der Waals surface area (Å²) in [5.74, 6) is 2.44. The number of rotatable bonds is 28. The molecule has 0 bridgehead atoms. The van der Waals surface area contributed by atoms with Crippen molar-refractivity contribution in [3.63, 3.8) is 0 Å². The molecular formula is C79H57N27O11S15. The lowest BCUT2D eigenvalue weighted by Gasteiger charge is -2.09. The van der Waals surface area contributed by atoms with E-state index in [1.807, 2.05) is 117 Å². The predicted octanol–water partition coefficient (Wildman–Crippen LogP) is 18.0. The van der Waals surface area contributed by atoms with Crippen LogP contribution in [0, 0.1) is 0 Å². The van der Waals surface area contributed by atoms with E-state index >= 15 is 0 Å². The van der Waals surface area contributed by atoms with Crippen molar-refractivity contribution in [2.24, 2.45) is 7.05 Å². The van der Waals surface area contributed by atoms with Crippen molar-refractivity contribution in [3.8, 4) is 34.5 Å². The molecule has 0 radical (unpaired) electrons. The van der Waals surface area contributed by atoms with Gasteiger partial charge in [0.25, 0.3) is 29.5 Å². The fourth-order valence-electron chi connectivity index (χ4n) is 10.8. The van der Waals surface area contributed by atoms with Crippen LogP contribution in [0.5, 0.6) is 34.5 Å². The smallest absolute Gasteiger partial charge is 0.267 e. The van der Waals surface area contributed by atoms with Crippen LogP contribution in [0.25, 0.3) is 53.4 Å². The quantitative estimate of drug-likeness (QED) is 0.0224. The maximum Gasteiger partial charge on any atom is 0.267 e. The molecule has 0 atom stereocenters. The Hall–Kier alpha value is -13.0. The lowest BCUT2D eigenvalue weighted by molar-refractivity contribution is -0.118. The molecule has 5 N–H and O–H groups in total. The number of benzene rings is 4. The SMILES string of the molecule is COc1cc2ncnc(Sc3nnc(NC(=O)COc4ccccc4)s3)c2cc1OC.COc1cc2ncnc(Sc3nnc(NC(=O)c4cccs4)s3)c2cc1OC.Cn1cnc2c(Sc3nnc(NC(=O)c4cccs4)s3)ncnc21.O=C(COc1ccccc1)Nc1nnc(Sc2ncnc3ccsc23)s1.O=C(Nc1nnc(Sc2ncnc3ccsc23)s1)c1cccs1. The third-order valence-corrected chi connectivity index (χ3v) is 30.8. The molecule has 16 heterocycles. The van der Waals surface area contributed by atoms with Crippen molar-refractivity contribution in [3.05, 3.63) is 213 Å². The topological polar surface area (TPSA) is 476 Å². The number of hydrogen-bond acceptors (Lipinski definition) is 47. The van der Waals surface area contributed by atoms with E-state index in [1.165, 1.54) is 181 Å². The number of para-hydroxylation sites is 2. The van der Waals surface area contributed by atoms with Gasteiger partial charge in [0.05, 0.1) is 80.9 Å². The Morgan fingerprint density at radius 2 is 0.667 bits per heavy atom. The largest absolute Gasteiger partial charge is 0.493 e. The van der Waals surface area contributed by atoms with Crippen LogP contribution in [0.2, 0.25) is 0 Å². The lowest BCUT2D eigenvalue weighted by Crippen LogP contribution is -2.20. The molecule has 0 fully saturated rings. The second kappa shape index (κ2) is 45.2. The maximum absolute atomic E-state index is 12.1. The summed E-state index contributed by atoms with van der Waals surface area (Å²) in [6.45, 7) is -0.210. The van der Waals surface area contributed by atoms with E-state index in [4.69, 9.17) is 28.4 Å². The van der Waals surface area contributed by atoms with Crippen molar-refractivity contribution in [1.29, 1.82) is 0 Å². The number of anilines is 5. The summed E-state index contributed by atoms with van der Waals surface area (Å²) < 4.78 is 39.4. The van der Waals surface area contributed by atoms with E-state index in [2.05, 4.69) is 132 Å². The number of thiophene rings is 5. The van der Waals surface area contributed by atoms with Gasteiger partial charge in [-0.05, 0) is 152 Å². The molecule has 0 aliphatic heterocycles. The van der Waals surface area contributed by atoms with Gasteiger partial charge in [-0.2, -0.15) is 0 Å². The van der Waals surface area contributed by atoms with Gasteiger partial charge in [-0.15, -0.1) is 108 Å². The molecule has 53 heteroatoms. The normalized spacial score (nSPS) is 10.8. The zero-order chi connectivity index (χ0) is 91.1. The van der Waals surface area contributed by atoms with Crippen LogP contribution in [-0.4, -0.2) is 182 Å². The van der Waals surface area contributed by atoms with Crippen molar-refractivity contribution in [1.82, 2.24) is 110 Å². The van der Waals surface area contributed by atoms with Crippen LogP contribution in [0.15, 0.2) is 245 Å². The van der Waals surface area contributed by atoms with Gasteiger partial charge in [-0.1, -0.05) is 111 Å². The average Bonchev–Trinajstić information content (AvgIpc) is 0.951. The first-order valence-electron chi connectivity index (χ1n) is 37.4. The number of methoxy groups -OCH3 is 4. The summed E-state index contributed by atoms with van der Waals surface area (Å²) in [4.78, 5) is 109. The minimum atomic E-state index is -0.319. The van der Waals surface area contributed by atoms with Gasteiger partial charge >= 0.3 is 0 Å². The third kappa shape index (κ3) is 24.4. The number of aryl methyl sites for hydroxylation is 1. The van der Waals surface area contributed by atoms with Crippen LogP contribution in [0.1, 0.15) is 29.0 Å². The second-order valence-corrected chi connectivity index (χ2v) is 40.9. The summed E-state index contributed by atoms with van der Waals surface area (Å²) in [5.41, 5.74) is 4.73. The first kappa shape index (κ1) is 92.3. The monoisotopic (exact) mass is 2040 g/mol. The van der Waals surface area contributed by atoms with Gasteiger partial charge in [0.15, 0.2) is 63.6 Å². The Morgan fingerprint density at radius 3 is 1.04 bits per heavy atom. The molecule has 0 saturated carbocycles. The van der Waals surface area contributed by atoms with E-state index in [-0.39, 0.29) is 42.7 Å². The number of aromatic nitrogens is 22. The van der Waals surface area contributed by atoms with Crippen molar-refractivity contribution in [2.45, 2.75) is 46.8 Å². The minimum Gasteiger partial charge on any atom is -0.493 e. The van der Waals surface area contributed by atoms with Crippen molar-refractivity contribution in [2.75, 3.05) is 68.2 Å². The van der Waals surface area contributed by atoms with Crippen LogP contribution in [0.4, 0.5) is 25.7 Å². The first-order chi connectivity index (χ1) is 64.6. The van der Waals surface area contributed by atoms with Gasteiger partial charge in [-0.25, -0.2) is 54.8 Å². The van der Waals surface area contributed by atoms with Crippen LogP contribution >= 0.6 is 172 Å². The molecular weight excluding hydrogens is 1980 g/mol. The van der Waals surface area contributed by atoms with Gasteiger partial charge in [0.1, 0.15) is 73.8 Å². The highest BCUT2D eigenvalue weighted by Gasteiger charge is 2.23. The fourth-order valence-corrected chi connectivity index (χ4v) is 23.2. The summed E-state index contributed by atoms with van der Waals surface area (Å²) >= 11 is 20.5. The highest BCUT2D eigenvalue weighted by molar-refractivity contribution is 8.02. The number of nitrogens with zero attached hydrogens (tertiary/aromatic N) is 22. The molecule has 0 aliphatic carbocycles. The van der Waals surface area contributed by atoms with Crippen LogP contribution in [-0.2, 0) is 16.6 Å². The number of fused-ring (bicyclic) bond motifs is 5. The third-order valence-electron chi connectivity index (χ3n) is 16.7. The summed E-state index contributed by atoms with van der Waals surface area (Å²) in [6, 6.07) is 40.2. The standard InChI is InChI=1S/C20H17N5O4S2.C17H13N5O3S3.C16H11N5O2S3.C13H9N7OS3.C13H7N5OS4/c1-27-15-8-13-14(9-16(15)28-2)21-11-22-18(13)30-20-25-24-19(31-20)23-17(26)10-29-12-6-4-3-5-7-12;1-24-11-6-9-10(7-12(11)25-2)18-8-19-15(9)27-17-22-21-16(28-17)20-14(23)13-4-3-5-26-13;22-12(8-23-10-4-2-1-3-5-10)19-15-20-21-16(26-15)25-14-13-11(6-7-24-13)17-9-18-14;1-20-6-16-8-9(20)14-5-15-11(8)23-13-19-18-12(24-13)17-10(21)7-3-2-4-22-7;19-10(8-2-1-4-20-8)16-12-17-18-13(23-12)22-11-9-7(3-5-21-9)14-6-15-11/h3-9,11H,10H2,1-2H3,(H,23,24,26);3-8H,1-2H3,(H,20,21,23);1-7,9H,8H2,(H,19,20,22);2-6H,1H3,(H,17,18,21);1-6H,(H,16,17,19). The molecule has 664 valence electrons. The number of hydrogen-bond donors (Lipinski definition) is 5. The molecule has 0 spiro atoms. The molecule has 20 rings (SSSR count). The van der Waals surface area contributed by atoms with E-state index < -0.39 is 0 Å². The lowest BCUT2D eigenvalue weighted by atomic mass is 10.2.